The number of isocyanates is 1. The molecule has 10 heteroatoms. The molecule has 0 radical (unpaired) electrons. The average molecular weight is 414 g/mol. The lowest BCUT2D eigenvalue weighted by molar-refractivity contribution is 0.366. The Balaban J connectivity index is 1.57. The second kappa shape index (κ2) is 7.57. The average Bonchev–Trinajstić information content (AvgIpc) is 3.48. The third kappa shape index (κ3) is 4.08. The molecule has 1 heterocycles. The largest absolute Gasteiger partial charge is 0.467 e. The first-order valence-corrected chi connectivity index (χ1v) is 10.3. The minimum absolute atomic E-state index is 0.0339. The number of hydrogen-bond donors (Lipinski definition) is 1. The van der Waals surface area contributed by atoms with Crippen LogP contribution in [-0.4, -0.2) is 37.8 Å². The Hall–Kier alpha value is -3.36. The van der Waals surface area contributed by atoms with Crippen LogP contribution in [0.5, 0.6) is 11.8 Å². The summed E-state index contributed by atoms with van der Waals surface area (Å²) in [4.78, 5) is 14.8. The molecule has 1 aliphatic carbocycles. The van der Waals surface area contributed by atoms with E-state index in [1.54, 1.807) is 18.2 Å². The molecule has 1 N–H and O–H groups in total. The van der Waals surface area contributed by atoms with Crippen molar-refractivity contribution in [1.29, 1.82) is 0 Å². The molecule has 9 nitrogen and oxygen atoms in total. The molecule has 1 aliphatic rings. The molecule has 1 saturated carbocycles. The lowest BCUT2D eigenvalue weighted by Gasteiger charge is -2.09. The SMILES string of the molecule is COc1nc2ccc(OS(=O)(=O)c3ccc(NCC4CC4)cc3)cc2n1N=C=O. The monoisotopic (exact) mass is 414 g/mol. The van der Waals surface area contributed by atoms with Gasteiger partial charge >= 0.3 is 16.1 Å². The lowest BCUT2D eigenvalue weighted by atomic mass is 10.3. The molecule has 0 unspecified atom stereocenters. The fourth-order valence-electron chi connectivity index (χ4n) is 2.84. The van der Waals surface area contributed by atoms with Crippen LogP contribution in [0.3, 0.4) is 0 Å². The third-order valence-electron chi connectivity index (χ3n) is 4.54. The minimum Gasteiger partial charge on any atom is -0.467 e. The predicted octanol–water partition coefficient (Wildman–Crippen LogP) is 2.73. The van der Waals surface area contributed by atoms with Crippen molar-refractivity contribution in [2.75, 3.05) is 19.0 Å². The summed E-state index contributed by atoms with van der Waals surface area (Å²) in [6.45, 7) is 0.892. The second-order valence-corrected chi connectivity index (χ2v) is 8.18. The number of fused-ring (bicyclic) bond motifs is 1. The van der Waals surface area contributed by atoms with Crippen LogP contribution in [0.2, 0.25) is 0 Å². The molecule has 3 aromatic rings. The van der Waals surface area contributed by atoms with Gasteiger partial charge in [0.25, 0.3) is 6.08 Å². The van der Waals surface area contributed by atoms with Crippen LogP contribution in [0, 0.1) is 5.92 Å². The summed E-state index contributed by atoms with van der Waals surface area (Å²) in [5.74, 6) is 0.769. The molecule has 4 rings (SSSR count). The highest BCUT2D eigenvalue weighted by Gasteiger charge is 2.21. The van der Waals surface area contributed by atoms with E-state index in [1.165, 1.54) is 50.3 Å². The van der Waals surface area contributed by atoms with Crippen LogP contribution in [0.25, 0.3) is 11.0 Å². The van der Waals surface area contributed by atoms with Crippen molar-refractivity contribution in [3.8, 4) is 11.8 Å². The van der Waals surface area contributed by atoms with Gasteiger partial charge in [0.1, 0.15) is 16.2 Å². The number of anilines is 1. The molecule has 0 amide bonds. The second-order valence-electron chi connectivity index (χ2n) is 6.64. The van der Waals surface area contributed by atoms with Gasteiger partial charge in [-0.1, -0.05) is 5.10 Å². The van der Waals surface area contributed by atoms with Crippen LogP contribution >= 0.6 is 0 Å². The number of nitrogens with zero attached hydrogens (tertiary/aromatic N) is 3. The highest BCUT2D eigenvalue weighted by molar-refractivity contribution is 7.87. The first-order chi connectivity index (χ1) is 14.0. The van der Waals surface area contributed by atoms with Crippen molar-refractivity contribution < 1.29 is 22.1 Å². The van der Waals surface area contributed by atoms with E-state index in [2.05, 4.69) is 15.4 Å². The minimum atomic E-state index is -4.04. The summed E-state index contributed by atoms with van der Waals surface area (Å²) >= 11 is 0. The maximum Gasteiger partial charge on any atom is 0.339 e. The van der Waals surface area contributed by atoms with Gasteiger partial charge in [0.2, 0.25) is 0 Å². The first-order valence-electron chi connectivity index (χ1n) is 8.93. The molecule has 1 aromatic heterocycles. The Labute approximate surface area is 167 Å². The Bertz CT molecular complexity index is 1190. The highest BCUT2D eigenvalue weighted by atomic mass is 32.2. The number of ether oxygens (including phenoxy) is 1. The molecule has 1 fully saturated rings. The normalized spacial score (nSPS) is 13.7. The van der Waals surface area contributed by atoms with Gasteiger partial charge < -0.3 is 14.2 Å². The summed E-state index contributed by atoms with van der Waals surface area (Å²) in [6, 6.07) is 10.9. The highest BCUT2D eigenvalue weighted by Crippen LogP contribution is 2.30. The Morgan fingerprint density at radius 2 is 2.00 bits per heavy atom. The van der Waals surface area contributed by atoms with Crippen LogP contribution in [0.4, 0.5) is 5.69 Å². The zero-order valence-electron chi connectivity index (χ0n) is 15.5. The molecule has 0 spiro atoms. The van der Waals surface area contributed by atoms with E-state index in [4.69, 9.17) is 8.92 Å². The van der Waals surface area contributed by atoms with Crippen molar-refractivity contribution in [2.24, 2.45) is 11.0 Å². The molecule has 0 saturated heterocycles. The number of aromatic nitrogens is 2. The molecular formula is C19H18N4O5S. The Morgan fingerprint density at radius 3 is 2.66 bits per heavy atom. The summed E-state index contributed by atoms with van der Waals surface area (Å²) in [7, 11) is -2.66. The van der Waals surface area contributed by atoms with E-state index in [9.17, 15) is 13.2 Å². The van der Waals surface area contributed by atoms with E-state index < -0.39 is 10.1 Å². The van der Waals surface area contributed by atoms with E-state index in [-0.39, 0.29) is 16.7 Å². The van der Waals surface area contributed by atoms with Crippen molar-refractivity contribution >= 4 is 32.9 Å². The number of methoxy groups -OCH3 is 1. The lowest BCUT2D eigenvalue weighted by Crippen LogP contribution is -2.10. The predicted molar refractivity (Wildman–Crippen MR) is 105 cm³/mol. The summed E-state index contributed by atoms with van der Waals surface area (Å²) < 4.78 is 36.7. The third-order valence-corrected chi connectivity index (χ3v) is 5.80. The standard InChI is InChI=1S/C19H18N4O5S/c1-27-19-22-17-9-6-15(10-18(17)23(19)21-12-24)28-29(25,26)16-7-4-14(5-8-16)20-11-13-2-3-13/h4-10,13,20H,2-3,11H2,1H3. The first kappa shape index (κ1) is 19.0. The quantitative estimate of drug-likeness (QED) is 0.343. The van der Waals surface area contributed by atoms with Crippen LogP contribution in [0.15, 0.2) is 52.5 Å². The summed E-state index contributed by atoms with van der Waals surface area (Å²) in [5, 5.41) is 6.80. The van der Waals surface area contributed by atoms with E-state index in [1.807, 2.05) is 0 Å². The Kier molecular flexibility index (Phi) is 4.96. The molecule has 0 atom stereocenters. The Morgan fingerprint density at radius 1 is 1.24 bits per heavy atom. The number of nitrogens with one attached hydrogen (secondary N) is 1. The van der Waals surface area contributed by atoms with E-state index >= 15 is 0 Å². The van der Waals surface area contributed by atoms with Crippen LogP contribution in [-0.2, 0) is 14.9 Å². The van der Waals surface area contributed by atoms with E-state index in [0.29, 0.717) is 17.0 Å². The van der Waals surface area contributed by atoms with Gasteiger partial charge in [-0.15, -0.1) is 0 Å². The van der Waals surface area contributed by atoms with Crippen LogP contribution < -0.4 is 14.2 Å². The van der Waals surface area contributed by atoms with Crippen molar-refractivity contribution in [2.45, 2.75) is 17.7 Å². The van der Waals surface area contributed by atoms with Crippen molar-refractivity contribution in [1.82, 2.24) is 9.66 Å². The van der Waals surface area contributed by atoms with Gasteiger partial charge in [0, 0.05) is 18.3 Å². The number of imidazole rings is 1. The smallest absolute Gasteiger partial charge is 0.339 e. The molecule has 2 aromatic carbocycles. The van der Waals surface area contributed by atoms with Gasteiger partial charge in [-0.3, -0.25) is 0 Å². The summed E-state index contributed by atoms with van der Waals surface area (Å²) in [6.07, 6.45) is 3.88. The van der Waals surface area contributed by atoms with E-state index in [0.717, 1.165) is 16.9 Å². The zero-order valence-corrected chi connectivity index (χ0v) is 16.3. The van der Waals surface area contributed by atoms with Gasteiger partial charge in [-0.25, -0.2) is 4.79 Å². The van der Waals surface area contributed by atoms with Gasteiger partial charge in [-0.2, -0.15) is 18.1 Å². The number of carbonyl (C=O) groups excluding carboxylic acids is 1. The van der Waals surface area contributed by atoms with Crippen molar-refractivity contribution in [3.63, 3.8) is 0 Å². The molecule has 0 aliphatic heterocycles. The van der Waals surface area contributed by atoms with Gasteiger partial charge in [-0.05, 0) is 55.2 Å². The summed E-state index contributed by atoms with van der Waals surface area (Å²) in [5.41, 5.74) is 1.66. The number of benzene rings is 2. The maximum absolute atomic E-state index is 12.6. The molecule has 150 valence electrons. The number of rotatable bonds is 8. The van der Waals surface area contributed by atoms with Crippen LogP contribution in [0.1, 0.15) is 12.8 Å². The topological polar surface area (TPSA) is 112 Å². The zero-order chi connectivity index (χ0) is 20.4. The molecular weight excluding hydrogens is 396 g/mol. The van der Waals surface area contributed by atoms with Gasteiger partial charge in [0.05, 0.1) is 12.6 Å². The maximum atomic E-state index is 12.6. The van der Waals surface area contributed by atoms with Crippen molar-refractivity contribution in [3.05, 3.63) is 42.5 Å². The number of hydrogen-bond acceptors (Lipinski definition) is 8. The fourth-order valence-corrected chi connectivity index (χ4v) is 3.76. The fraction of sp³-hybridized carbons (Fsp3) is 0.263. The molecule has 29 heavy (non-hydrogen) atoms. The van der Waals surface area contributed by atoms with Gasteiger partial charge in [0.15, 0.2) is 0 Å². The molecule has 0 bridgehead atoms.